The molecule has 1 aliphatic carbocycles. The minimum Gasteiger partial charge on any atom is -0.480 e. The molecule has 0 spiro atoms. The molecule has 1 saturated heterocycles. The maximum Gasteiger partial charge on any atom is 0.335 e. The molecule has 1 amide bonds. The van der Waals surface area contributed by atoms with Gasteiger partial charge in [-0.3, -0.25) is 4.79 Å². The Balaban J connectivity index is 1.90. The Morgan fingerprint density at radius 1 is 1.35 bits per heavy atom. The summed E-state index contributed by atoms with van der Waals surface area (Å²) in [5.74, 6) is -0.600. The van der Waals surface area contributed by atoms with Crippen LogP contribution < -0.4 is 5.63 Å². The number of hydrogen-bond donors (Lipinski definition) is 1. The van der Waals surface area contributed by atoms with Crippen LogP contribution in [0.4, 0.5) is 0 Å². The van der Waals surface area contributed by atoms with Crippen molar-refractivity contribution in [1.29, 1.82) is 0 Å². The van der Waals surface area contributed by atoms with Gasteiger partial charge in [0.05, 0.1) is 10.9 Å². The molecule has 7 heteroatoms. The van der Waals surface area contributed by atoms with Gasteiger partial charge >= 0.3 is 11.6 Å². The van der Waals surface area contributed by atoms with E-state index >= 15 is 0 Å². The second-order valence-electron chi connectivity index (χ2n) is 4.97. The fourth-order valence-corrected chi connectivity index (χ4v) is 3.98. The molecule has 2 heterocycles. The fourth-order valence-electron chi connectivity index (χ4n) is 2.35. The Bertz CT molecular complexity index is 589. The first-order valence-corrected chi connectivity index (χ1v) is 7.39. The highest BCUT2D eigenvalue weighted by atomic mass is 32.2. The third kappa shape index (κ3) is 2.33. The molecule has 1 aromatic rings. The van der Waals surface area contributed by atoms with E-state index in [0.717, 1.165) is 19.1 Å². The molecule has 106 valence electrons. The van der Waals surface area contributed by atoms with Gasteiger partial charge in [-0.15, -0.1) is 11.8 Å². The molecule has 20 heavy (non-hydrogen) atoms. The van der Waals surface area contributed by atoms with Gasteiger partial charge in [0, 0.05) is 11.8 Å². The number of thioether (sulfide) groups is 1. The minimum atomic E-state index is -0.994. The standard InChI is InChI=1S/C13H13NO5S/c15-10-4-3-8(5-19-10)11(16)14-9(13(17)18)6-20-12(14)7-1-2-7/h3-5,7,9,12H,1-2,6H2,(H,17,18). The largest absolute Gasteiger partial charge is 0.480 e. The minimum absolute atomic E-state index is 0.0875. The van der Waals surface area contributed by atoms with Gasteiger partial charge in [0.2, 0.25) is 0 Å². The Morgan fingerprint density at radius 2 is 2.10 bits per heavy atom. The molecular weight excluding hydrogens is 282 g/mol. The fraction of sp³-hybridized carbons (Fsp3) is 0.462. The summed E-state index contributed by atoms with van der Waals surface area (Å²) < 4.78 is 4.69. The van der Waals surface area contributed by atoms with Crippen molar-refractivity contribution in [2.45, 2.75) is 24.3 Å². The van der Waals surface area contributed by atoms with Crippen LogP contribution in [0.2, 0.25) is 0 Å². The monoisotopic (exact) mass is 295 g/mol. The van der Waals surface area contributed by atoms with Gasteiger partial charge in [-0.05, 0) is 24.8 Å². The third-order valence-corrected chi connectivity index (χ3v) is 4.99. The van der Waals surface area contributed by atoms with Crippen molar-refractivity contribution in [2.75, 3.05) is 5.75 Å². The number of aliphatic carboxylic acids is 1. The van der Waals surface area contributed by atoms with Gasteiger partial charge in [0.15, 0.2) is 0 Å². The summed E-state index contributed by atoms with van der Waals surface area (Å²) in [4.78, 5) is 36.2. The van der Waals surface area contributed by atoms with Gasteiger partial charge < -0.3 is 14.4 Å². The van der Waals surface area contributed by atoms with Crippen molar-refractivity contribution in [3.8, 4) is 0 Å². The number of carbonyl (C=O) groups is 2. The summed E-state index contributed by atoms with van der Waals surface area (Å²) in [6, 6.07) is 1.73. The first-order valence-electron chi connectivity index (χ1n) is 6.34. The van der Waals surface area contributed by atoms with E-state index in [1.54, 1.807) is 0 Å². The summed E-state index contributed by atoms with van der Waals surface area (Å²) >= 11 is 1.52. The maximum atomic E-state index is 12.5. The van der Waals surface area contributed by atoms with E-state index in [1.165, 1.54) is 28.8 Å². The van der Waals surface area contributed by atoms with Crippen molar-refractivity contribution < 1.29 is 19.1 Å². The maximum absolute atomic E-state index is 12.5. The quantitative estimate of drug-likeness (QED) is 0.895. The van der Waals surface area contributed by atoms with E-state index in [1.807, 2.05) is 0 Å². The van der Waals surface area contributed by atoms with Crippen molar-refractivity contribution in [3.05, 3.63) is 34.4 Å². The molecule has 1 aliphatic heterocycles. The first-order chi connectivity index (χ1) is 9.58. The molecule has 1 saturated carbocycles. The van der Waals surface area contributed by atoms with E-state index in [0.29, 0.717) is 11.7 Å². The van der Waals surface area contributed by atoms with Gasteiger partial charge in [-0.25, -0.2) is 9.59 Å². The molecule has 0 aromatic carbocycles. The second-order valence-corrected chi connectivity index (χ2v) is 6.12. The SMILES string of the molecule is O=C(O)C1CSC(C2CC2)N1C(=O)c1ccc(=O)oc1. The van der Waals surface area contributed by atoms with E-state index in [-0.39, 0.29) is 16.8 Å². The Hall–Kier alpha value is -1.76. The van der Waals surface area contributed by atoms with Crippen LogP contribution in [0.1, 0.15) is 23.2 Å². The van der Waals surface area contributed by atoms with Crippen molar-refractivity contribution in [3.63, 3.8) is 0 Å². The summed E-state index contributed by atoms with van der Waals surface area (Å²) in [5.41, 5.74) is -0.324. The van der Waals surface area contributed by atoms with Crippen LogP contribution in [-0.4, -0.2) is 39.1 Å². The highest BCUT2D eigenvalue weighted by Crippen LogP contribution is 2.45. The number of amides is 1. The predicted octanol–water partition coefficient (Wildman–Crippen LogP) is 1.02. The lowest BCUT2D eigenvalue weighted by molar-refractivity contribution is -0.141. The van der Waals surface area contributed by atoms with Crippen LogP contribution in [-0.2, 0) is 4.79 Å². The van der Waals surface area contributed by atoms with E-state index < -0.39 is 17.6 Å². The zero-order valence-corrected chi connectivity index (χ0v) is 11.3. The normalized spacial score (nSPS) is 25.7. The number of carboxylic acid groups (broad SMARTS) is 1. The number of hydrogen-bond acceptors (Lipinski definition) is 5. The summed E-state index contributed by atoms with van der Waals surface area (Å²) in [6.07, 6.45) is 3.14. The molecule has 1 aromatic heterocycles. The molecule has 6 nitrogen and oxygen atoms in total. The predicted molar refractivity (Wildman–Crippen MR) is 71.5 cm³/mol. The van der Waals surface area contributed by atoms with E-state index in [9.17, 15) is 19.5 Å². The number of carboxylic acids is 1. The van der Waals surface area contributed by atoms with Crippen LogP contribution in [0.25, 0.3) is 0 Å². The Labute approximate surface area is 118 Å². The van der Waals surface area contributed by atoms with Crippen LogP contribution in [0, 0.1) is 5.92 Å². The summed E-state index contributed by atoms with van der Waals surface area (Å²) in [5, 5.41) is 9.18. The second kappa shape index (κ2) is 4.97. The Morgan fingerprint density at radius 3 is 2.65 bits per heavy atom. The van der Waals surface area contributed by atoms with Crippen molar-refractivity contribution in [1.82, 2.24) is 4.90 Å². The summed E-state index contributed by atoms with van der Waals surface area (Å²) in [6.45, 7) is 0. The van der Waals surface area contributed by atoms with Gasteiger partial charge in [-0.1, -0.05) is 0 Å². The van der Waals surface area contributed by atoms with Crippen molar-refractivity contribution in [2.24, 2.45) is 5.92 Å². The van der Waals surface area contributed by atoms with Gasteiger partial charge in [0.1, 0.15) is 12.3 Å². The molecule has 2 atom stereocenters. The lowest BCUT2D eigenvalue weighted by atomic mass is 10.2. The highest BCUT2D eigenvalue weighted by Gasteiger charge is 2.48. The zero-order valence-electron chi connectivity index (χ0n) is 10.5. The van der Waals surface area contributed by atoms with Gasteiger partial charge in [0.25, 0.3) is 5.91 Å². The van der Waals surface area contributed by atoms with Crippen LogP contribution >= 0.6 is 11.8 Å². The summed E-state index contributed by atoms with van der Waals surface area (Å²) in [7, 11) is 0. The Kier molecular flexibility index (Phi) is 3.29. The van der Waals surface area contributed by atoms with Gasteiger partial charge in [-0.2, -0.15) is 0 Å². The van der Waals surface area contributed by atoms with E-state index in [2.05, 4.69) is 4.42 Å². The zero-order chi connectivity index (χ0) is 14.3. The molecule has 3 rings (SSSR count). The molecule has 2 fully saturated rings. The van der Waals surface area contributed by atoms with E-state index in [4.69, 9.17) is 0 Å². The number of carbonyl (C=O) groups excluding carboxylic acids is 1. The van der Waals surface area contributed by atoms with Crippen LogP contribution in [0.3, 0.4) is 0 Å². The molecular formula is C13H13NO5S. The van der Waals surface area contributed by atoms with Crippen LogP contribution in [0.5, 0.6) is 0 Å². The smallest absolute Gasteiger partial charge is 0.335 e. The molecule has 2 aliphatic rings. The molecule has 2 unspecified atom stereocenters. The topological polar surface area (TPSA) is 87.8 Å². The average Bonchev–Trinajstić information content (AvgIpc) is 3.17. The first kappa shape index (κ1) is 13.2. The van der Waals surface area contributed by atoms with Crippen molar-refractivity contribution >= 4 is 23.6 Å². The molecule has 1 N–H and O–H groups in total. The molecule has 0 bridgehead atoms. The average molecular weight is 295 g/mol. The molecule has 0 radical (unpaired) electrons. The lowest BCUT2D eigenvalue weighted by Gasteiger charge is -2.27. The number of nitrogens with zero attached hydrogens (tertiary/aromatic N) is 1. The number of rotatable bonds is 3. The van der Waals surface area contributed by atoms with Crippen LogP contribution in [0.15, 0.2) is 27.6 Å². The third-order valence-electron chi connectivity index (χ3n) is 3.53. The lowest BCUT2D eigenvalue weighted by Crippen LogP contribution is -2.46. The highest BCUT2D eigenvalue weighted by molar-refractivity contribution is 8.00.